The molecular formula is C29H33N3O. The third-order valence-electron chi connectivity index (χ3n) is 5.99. The number of rotatable bonds is 10. The molecule has 0 aliphatic carbocycles. The maximum absolute atomic E-state index is 5.75. The van der Waals surface area contributed by atoms with Crippen molar-refractivity contribution in [1.29, 1.82) is 0 Å². The van der Waals surface area contributed by atoms with E-state index in [0.29, 0.717) is 13.2 Å². The number of unbranched alkanes of at least 4 members (excludes halogenated alkanes) is 2. The van der Waals surface area contributed by atoms with Crippen LogP contribution in [0.2, 0.25) is 0 Å². The van der Waals surface area contributed by atoms with Gasteiger partial charge in [-0.05, 0) is 49.1 Å². The molecule has 4 heteroatoms. The van der Waals surface area contributed by atoms with Crippen molar-refractivity contribution in [3.63, 3.8) is 0 Å². The minimum Gasteiger partial charge on any atom is -0.494 e. The van der Waals surface area contributed by atoms with Crippen molar-refractivity contribution < 1.29 is 4.74 Å². The number of hydrazone groups is 1. The molecule has 0 saturated carbocycles. The first-order valence-corrected chi connectivity index (χ1v) is 12.0. The van der Waals surface area contributed by atoms with E-state index in [1.165, 1.54) is 24.0 Å². The Morgan fingerprint density at radius 2 is 1.70 bits per heavy atom. The van der Waals surface area contributed by atoms with Crippen molar-refractivity contribution in [2.75, 3.05) is 18.6 Å². The van der Waals surface area contributed by atoms with Gasteiger partial charge in [-0.3, -0.25) is 10.4 Å². The number of ether oxygens (including phenoxy) is 1. The Labute approximate surface area is 197 Å². The molecule has 170 valence electrons. The number of anilines is 1. The third-order valence-corrected chi connectivity index (χ3v) is 5.99. The van der Waals surface area contributed by atoms with Crippen LogP contribution in [0.15, 0.2) is 89.0 Å². The molecule has 33 heavy (non-hydrogen) atoms. The minimum atomic E-state index is 0.139. The van der Waals surface area contributed by atoms with Gasteiger partial charge in [0.2, 0.25) is 0 Å². The van der Waals surface area contributed by atoms with Crippen LogP contribution in [-0.4, -0.2) is 24.6 Å². The Kier molecular flexibility index (Phi) is 7.91. The molecule has 1 unspecified atom stereocenters. The fourth-order valence-corrected chi connectivity index (χ4v) is 4.26. The van der Waals surface area contributed by atoms with Gasteiger partial charge >= 0.3 is 0 Å². The summed E-state index contributed by atoms with van der Waals surface area (Å²) >= 11 is 0. The van der Waals surface area contributed by atoms with Gasteiger partial charge in [0.25, 0.3) is 0 Å². The first-order valence-electron chi connectivity index (χ1n) is 12.0. The molecular weight excluding hydrogens is 406 g/mol. The van der Waals surface area contributed by atoms with Crippen LogP contribution in [0.3, 0.4) is 0 Å². The molecule has 3 aromatic carbocycles. The maximum atomic E-state index is 5.75. The van der Waals surface area contributed by atoms with Crippen molar-refractivity contribution in [3.05, 3.63) is 95.6 Å². The molecule has 0 fully saturated rings. The van der Waals surface area contributed by atoms with E-state index in [1.807, 2.05) is 19.1 Å². The van der Waals surface area contributed by atoms with Crippen molar-refractivity contribution in [1.82, 2.24) is 0 Å². The first kappa shape index (κ1) is 22.8. The standard InChI is InChI=1S/C29H33N3O/c1-3-5-8-17-24-20-25(33-4-2)18-19-27(24)31-32-29-26(22-13-9-6-10-14-22)21-30-28(29)23-15-11-7-12-16-23/h6-7,9-16,18-20,26,31H,3-5,8,17,21H2,1-2H3. The summed E-state index contributed by atoms with van der Waals surface area (Å²) in [6, 6.07) is 27.1. The quantitative estimate of drug-likeness (QED) is 0.277. The van der Waals surface area contributed by atoms with Gasteiger partial charge in [0.15, 0.2) is 0 Å². The zero-order valence-electron chi connectivity index (χ0n) is 19.6. The molecule has 4 rings (SSSR count). The van der Waals surface area contributed by atoms with Crippen LogP contribution < -0.4 is 10.2 Å². The highest BCUT2D eigenvalue weighted by molar-refractivity contribution is 6.51. The minimum absolute atomic E-state index is 0.139. The second kappa shape index (κ2) is 11.5. The Morgan fingerprint density at radius 3 is 2.42 bits per heavy atom. The van der Waals surface area contributed by atoms with Gasteiger partial charge in [0.05, 0.1) is 30.3 Å². The summed E-state index contributed by atoms with van der Waals surface area (Å²) in [5, 5.41) is 4.97. The van der Waals surface area contributed by atoms with Gasteiger partial charge in [-0.1, -0.05) is 80.4 Å². The normalized spacial score (nSPS) is 16.6. The van der Waals surface area contributed by atoms with Gasteiger partial charge < -0.3 is 4.74 Å². The van der Waals surface area contributed by atoms with E-state index in [4.69, 9.17) is 14.8 Å². The van der Waals surface area contributed by atoms with Crippen molar-refractivity contribution >= 4 is 17.1 Å². The van der Waals surface area contributed by atoms with Crippen LogP contribution in [-0.2, 0) is 6.42 Å². The predicted molar refractivity (Wildman–Crippen MR) is 139 cm³/mol. The van der Waals surface area contributed by atoms with E-state index in [2.05, 4.69) is 79.1 Å². The summed E-state index contributed by atoms with van der Waals surface area (Å²) in [6.07, 6.45) is 4.57. The van der Waals surface area contributed by atoms with Gasteiger partial charge in [0.1, 0.15) is 5.75 Å². The second-order valence-electron chi connectivity index (χ2n) is 8.34. The highest BCUT2D eigenvalue weighted by Crippen LogP contribution is 2.28. The molecule has 0 spiro atoms. The average Bonchev–Trinajstić information content (AvgIpc) is 3.29. The highest BCUT2D eigenvalue weighted by Gasteiger charge is 2.29. The number of nitrogens with one attached hydrogen (secondary N) is 1. The summed E-state index contributed by atoms with van der Waals surface area (Å²) in [7, 11) is 0. The summed E-state index contributed by atoms with van der Waals surface area (Å²) < 4.78 is 5.75. The van der Waals surface area contributed by atoms with Crippen molar-refractivity contribution in [2.45, 2.75) is 45.4 Å². The molecule has 3 aromatic rings. The predicted octanol–water partition coefficient (Wildman–Crippen LogP) is 6.87. The summed E-state index contributed by atoms with van der Waals surface area (Å²) in [5.74, 6) is 1.05. The maximum Gasteiger partial charge on any atom is 0.119 e. The monoisotopic (exact) mass is 439 g/mol. The zero-order valence-corrected chi connectivity index (χ0v) is 19.6. The van der Waals surface area contributed by atoms with Crippen LogP contribution >= 0.6 is 0 Å². The third kappa shape index (κ3) is 5.70. The zero-order chi connectivity index (χ0) is 22.9. The molecule has 1 heterocycles. The molecule has 0 amide bonds. The Balaban J connectivity index is 1.66. The van der Waals surface area contributed by atoms with E-state index in [9.17, 15) is 0 Å². The topological polar surface area (TPSA) is 46.0 Å². The van der Waals surface area contributed by atoms with Gasteiger partial charge in [0, 0.05) is 11.5 Å². The number of aryl methyl sites for hydroxylation is 1. The molecule has 1 aliphatic rings. The largest absolute Gasteiger partial charge is 0.494 e. The fraction of sp³-hybridized carbons (Fsp3) is 0.310. The lowest BCUT2D eigenvalue weighted by Crippen LogP contribution is -2.20. The lowest BCUT2D eigenvalue weighted by atomic mass is 9.92. The number of aliphatic imine (C=N–C) groups is 1. The second-order valence-corrected chi connectivity index (χ2v) is 8.34. The van der Waals surface area contributed by atoms with E-state index < -0.39 is 0 Å². The summed E-state index contributed by atoms with van der Waals surface area (Å²) in [5.41, 5.74) is 9.98. The number of nitrogens with zero attached hydrogens (tertiary/aromatic N) is 2. The van der Waals surface area contributed by atoms with Crippen LogP contribution in [0.5, 0.6) is 5.75 Å². The highest BCUT2D eigenvalue weighted by atomic mass is 16.5. The van der Waals surface area contributed by atoms with E-state index in [-0.39, 0.29) is 5.92 Å². The molecule has 0 saturated heterocycles. The number of hydrogen-bond acceptors (Lipinski definition) is 4. The van der Waals surface area contributed by atoms with Crippen LogP contribution in [0.4, 0.5) is 5.69 Å². The lowest BCUT2D eigenvalue weighted by Gasteiger charge is -2.15. The molecule has 0 radical (unpaired) electrons. The molecule has 0 aromatic heterocycles. The first-order chi connectivity index (χ1) is 16.3. The summed E-state index contributed by atoms with van der Waals surface area (Å²) in [4.78, 5) is 4.90. The van der Waals surface area contributed by atoms with E-state index in [1.54, 1.807) is 0 Å². The number of benzene rings is 3. The summed E-state index contributed by atoms with van der Waals surface area (Å²) in [6.45, 7) is 5.62. The van der Waals surface area contributed by atoms with E-state index >= 15 is 0 Å². The Morgan fingerprint density at radius 1 is 0.939 bits per heavy atom. The SMILES string of the molecule is CCCCCc1cc(OCC)ccc1NN=C1C(c2ccccc2)=NCC1c1ccccc1. The molecule has 1 N–H and O–H groups in total. The van der Waals surface area contributed by atoms with Crippen LogP contribution in [0, 0.1) is 0 Å². The molecule has 0 bridgehead atoms. The smallest absolute Gasteiger partial charge is 0.119 e. The number of hydrogen-bond donors (Lipinski definition) is 1. The van der Waals surface area contributed by atoms with Gasteiger partial charge in [-0.25, -0.2) is 0 Å². The fourth-order valence-electron chi connectivity index (χ4n) is 4.26. The Bertz CT molecular complexity index is 1090. The van der Waals surface area contributed by atoms with Gasteiger partial charge in [-0.2, -0.15) is 5.10 Å². The van der Waals surface area contributed by atoms with Crippen molar-refractivity contribution in [2.24, 2.45) is 10.1 Å². The average molecular weight is 440 g/mol. The molecule has 1 atom stereocenters. The lowest BCUT2D eigenvalue weighted by molar-refractivity contribution is 0.340. The molecule has 1 aliphatic heterocycles. The molecule has 4 nitrogen and oxygen atoms in total. The van der Waals surface area contributed by atoms with Crippen molar-refractivity contribution in [3.8, 4) is 5.75 Å². The van der Waals surface area contributed by atoms with Crippen LogP contribution in [0.25, 0.3) is 0 Å². The Hall–Kier alpha value is -3.40. The van der Waals surface area contributed by atoms with Crippen LogP contribution in [0.1, 0.15) is 55.7 Å². The van der Waals surface area contributed by atoms with E-state index in [0.717, 1.165) is 41.3 Å². The van der Waals surface area contributed by atoms with Gasteiger partial charge in [-0.15, -0.1) is 0 Å².